The number of rotatable bonds is 3. The average Bonchev–Trinajstić information content (AvgIpc) is 2.53. The van der Waals surface area contributed by atoms with Gasteiger partial charge in [0.25, 0.3) is 0 Å². The molecule has 21 heavy (non-hydrogen) atoms. The second kappa shape index (κ2) is 5.94. The molecule has 0 amide bonds. The molecule has 3 rings (SSSR count). The fourth-order valence-electron chi connectivity index (χ4n) is 2.33. The third-order valence-electron chi connectivity index (χ3n) is 3.34. The van der Waals surface area contributed by atoms with Crippen LogP contribution in [0, 0.1) is 6.92 Å². The molecule has 0 unspecified atom stereocenters. The van der Waals surface area contributed by atoms with E-state index in [0.29, 0.717) is 6.54 Å². The summed E-state index contributed by atoms with van der Waals surface area (Å²) in [6.07, 6.45) is 0. The molecule has 2 aromatic carbocycles. The van der Waals surface area contributed by atoms with Crippen molar-refractivity contribution in [3.05, 3.63) is 65.5 Å². The summed E-state index contributed by atoms with van der Waals surface area (Å²) in [5.41, 5.74) is 2.98. The molecule has 1 N–H and O–H groups in total. The molecule has 3 heteroatoms. The van der Waals surface area contributed by atoms with Gasteiger partial charge in [-0.3, -0.25) is 4.99 Å². The van der Waals surface area contributed by atoms with Crippen molar-refractivity contribution in [1.29, 1.82) is 0 Å². The van der Waals surface area contributed by atoms with Gasteiger partial charge < -0.3 is 9.52 Å². The highest BCUT2D eigenvalue weighted by molar-refractivity contribution is 5.79. The fraction of sp³-hybridized carbons (Fsp3) is 0.167. The van der Waals surface area contributed by atoms with Crippen molar-refractivity contribution < 1.29 is 9.52 Å². The molecule has 0 spiro atoms. The number of aryl methyl sites for hydroxylation is 1. The van der Waals surface area contributed by atoms with Crippen LogP contribution in [0.4, 0.5) is 0 Å². The Kier molecular flexibility index (Phi) is 3.84. The Hall–Kier alpha value is -2.39. The summed E-state index contributed by atoms with van der Waals surface area (Å²) in [5.74, 6) is 0.781. The number of aliphatic hydroxyl groups excluding tert-OH is 1. The van der Waals surface area contributed by atoms with Gasteiger partial charge in [-0.15, -0.1) is 0 Å². The molecule has 3 nitrogen and oxygen atoms in total. The minimum Gasteiger partial charge on any atom is -0.456 e. The third kappa shape index (κ3) is 2.88. The van der Waals surface area contributed by atoms with Gasteiger partial charge >= 0.3 is 0 Å². The monoisotopic (exact) mass is 279 g/mol. The molecular formula is C18H17NO2. The lowest BCUT2D eigenvalue weighted by Gasteiger charge is -2.05. The molecule has 0 radical (unpaired) electrons. The van der Waals surface area contributed by atoms with E-state index in [2.05, 4.69) is 11.1 Å². The molecule has 0 atom stereocenters. The maximum absolute atomic E-state index is 9.02. The molecule has 0 saturated carbocycles. The van der Waals surface area contributed by atoms with Crippen LogP contribution in [0.1, 0.15) is 5.56 Å². The van der Waals surface area contributed by atoms with Gasteiger partial charge in [-0.05, 0) is 19.1 Å². The van der Waals surface area contributed by atoms with Crippen molar-refractivity contribution in [2.45, 2.75) is 6.92 Å². The highest BCUT2D eigenvalue weighted by Crippen LogP contribution is 2.22. The van der Waals surface area contributed by atoms with Crippen LogP contribution < -0.4 is 5.36 Å². The predicted molar refractivity (Wildman–Crippen MR) is 83.9 cm³/mol. The summed E-state index contributed by atoms with van der Waals surface area (Å²) in [5, 5.41) is 10.9. The summed E-state index contributed by atoms with van der Waals surface area (Å²) in [6.45, 7) is 2.47. The van der Waals surface area contributed by atoms with Crippen molar-refractivity contribution in [2.24, 2.45) is 4.99 Å². The van der Waals surface area contributed by atoms with Gasteiger partial charge in [0.05, 0.1) is 18.5 Å². The Labute approximate surface area is 123 Å². The topological polar surface area (TPSA) is 45.7 Å². The molecule has 0 aliphatic heterocycles. The van der Waals surface area contributed by atoms with Gasteiger partial charge in [0.2, 0.25) is 0 Å². The number of benzene rings is 2. The largest absolute Gasteiger partial charge is 0.456 e. The molecule has 0 aliphatic rings. The molecule has 0 saturated heterocycles. The van der Waals surface area contributed by atoms with E-state index in [1.165, 1.54) is 0 Å². The van der Waals surface area contributed by atoms with E-state index < -0.39 is 0 Å². The van der Waals surface area contributed by atoms with E-state index in [1.807, 2.05) is 55.5 Å². The van der Waals surface area contributed by atoms with Crippen LogP contribution in [0.5, 0.6) is 0 Å². The molecule has 1 heterocycles. The number of nitrogens with zero attached hydrogens (tertiary/aromatic N) is 1. The summed E-state index contributed by atoms with van der Waals surface area (Å²) >= 11 is 0. The lowest BCUT2D eigenvalue weighted by molar-refractivity contribution is 0.306. The second-order valence-electron chi connectivity index (χ2n) is 4.97. The highest BCUT2D eigenvalue weighted by Gasteiger charge is 2.05. The highest BCUT2D eigenvalue weighted by atomic mass is 16.3. The Morgan fingerprint density at radius 1 is 1.05 bits per heavy atom. The number of fused-ring (bicyclic) bond motifs is 1. The Balaban J connectivity index is 2.27. The van der Waals surface area contributed by atoms with Crippen LogP contribution in [0.3, 0.4) is 0 Å². The molecule has 0 fully saturated rings. The van der Waals surface area contributed by atoms with E-state index in [9.17, 15) is 0 Å². The van der Waals surface area contributed by atoms with Crippen LogP contribution in [0.15, 0.2) is 64.0 Å². The van der Waals surface area contributed by atoms with Gasteiger partial charge in [0, 0.05) is 17.0 Å². The molecule has 106 valence electrons. The van der Waals surface area contributed by atoms with E-state index >= 15 is 0 Å². The van der Waals surface area contributed by atoms with E-state index in [4.69, 9.17) is 9.52 Å². The maximum Gasteiger partial charge on any atom is 0.136 e. The van der Waals surface area contributed by atoms with Crippen LogP contribution in [-0.2, 0) is 0 Å². The lowest BCUT2D eigenvalue weighted by Crippen LogP contribution is -2.06. The Bertz CT molecular complexity index is 819. The zero-order valence-corrected chi connectivity index (χ0v) is 11.9. The van der Waals surface area contributed by atoms with Gasteiger partial charge in [-0.25, -0.2) is 0 Å². The number of aliphatic hydroxyl groups is 1. The fourth-order valence-corrected chi connectivity index (χ4v) is 2.33. The van der Waals surface area contributed by atoms with Gasteiger partial charge in [-0.2, -0.15) is 0 Å². The molecule has 0 bridgehead atoms. The van der Waals surface area contributed by atoms with Crippen molar-refractivity contribution in [3.8, 4) is 11.3 Å². The SMILES string of the molecule is Cc1ccc2oc(-c3ccccc3)cc(=NCCO)c2c1. The lowest BCUT2D eigenvalue weighted by atomic mass is 10.1. The van der Waals surface area contributed by atoms with E-state index in [0.717, 1.165) is 33.2 Å². The van der Waals surface area contributed by atoms with Gasteiger partial charge in [0.15, 0.2) is 0 Å². The van der Waals surface area contributed by atoms with Crippen LogP contribution in [0.2, 0.25) is 0 Å². The molecule has 0 aliphatic carbocycles. The minimum atomic E-state index is 0.0417. The van der Waals surface area contributed by atoms with E-state index in [1.54, 1.807) is 0 Å². The second-order valence-corrected chi connectivity index (χ2v) is 4.97. The normalized spacial score (nSPS) is 12.0. The van der Waals surface area contributed by atoms with Crippen LogP contribution >= 0.6 is 0 Å². The van der Waals surface area contributed by atoms with Gasteiger partial charge in [0.1, 0.15) is 11.3 Å². The predicted octanol–water partition coefficient (Wildman–Crippen LogP) is 3.30. The van der Waals surface area contributed by atoms with Crippen molar-refractivity contribution >= 4 is 11.0 Å². The zero-order valence-electron chi connectivity index (χ0n) is 11.9. The van der Waals surface area contributed by atoms with Crippen molar-refractivity contribution in [3.63, 3.8) is 0 Å². The van der Waals surface area contributed by atoms with Crippen LogP contribution in [-0.4, -0.2) is 18.3 Å². The number of hydrogen-bond donors (Lipinski definition) is 1. The summed E-state index contributed by atoms with van der Waals surface area (Å²) in [6, 6.07) is 17.9. The summed E-state index contributed by atoms with van der Waals surface area (Å²) in [7, 11) is 0. The minimum absolute atomic E-state index is 0.0417. The average molecular weight is 279 g/mol. The standard InChI is InChI=1S/C18H17NO2/c1-13-7-8-17-15(11-13)16(19-9-10-20)12-18(21-17)14-5-3-2-4-6-14/h2-8,11-12,20H,9-10H2,1H3. The Morgan fingerprint density at radius 3 is 2.62 bits per heavy atom. The zero-order chi connectivity index (χ0) is 14.7. The first-order valence-corrected chi connectivity index (χ1v) is 6.99. The first-order chi connectivity index (χ1) is 10.3. The van der Waals surface area contributed by atoms with Crippen LogP contribution in [0.25, 0.3) is 22.3 Å². The molecule has 3 aromatic rings. The molecular weight excluding hydrogens is 262 g/mol. The quantitative estimate of drug-likeness (QED) is 0.799. The smallest absolute Gasteiger partial charge is 0.136 e. The number of hydrogen-bond acceptors (Lipinski definition) is 3. The maximum atomic E-state index is 9.02. The Morgan fingerprint density at radius 2 is 1.86 bits per heavy atom. The van der Waals surface area contributed by atoms with Crippen molar-refractivity contribution in [2.75, 3.05) is 13.2 Å². The van der Waals surface area contributed by atoms with Crippen molar-refractivity contribution in [1.82, 2.24) is 0 Å². The summed E-state index contributed by atoms with van der Waals surface area (Å²) < 4.78 is 6.00. The molecule has 1 aromatic heterocycles. The summed E-state index contributed by atoms with van der Waals surface area (Å²) in [4.78, 5) is 4.47. The third-order valence-corrected chi connectivity index (χ3v) is 3.34. The first-order valence-electron chi connectivity index (χ1n) is 6.99. The van der Waals surface area contributed by atoms with E-state index in [-0.39, 0.29) is 6.61 Å². The van der Waals surface area contributed by atoms with Gasteiger partial charge in [-0.1, -0.05) is 42.0 Å². The first kappa shape index (κ1) is 13.6.